The molecule has 1 aromatic heterocycles. The molecule has 0 aliphatic heterocycles. The van der Waals surface area contributed by atoms with Gasteiger partial charge in [0.15, 0.2) is 0 Å². The Bertz CT molecular complexity index is 1400. The van der Waals surface area contributed by atoms with Gasteiger partial charge in [-0.15, -0.1) is 0 Å². The van der Waals surface area contributed by atoms with Crippen LogP contribution in [0.4, 0.5) is 14.5 Å². The van der Waals surface area contributed by atoms with E-state index in [4.69, 9.17) is 32.5 Å². The molecule has 1 amide bonds. The number of benzene rings is 2. The van der Waals surface area contributed by atoms with Crippen molar-refractivity contribution in [3.63, 3.8) is 0 Å². The number of aromatic nitrogens is 1. The first-order valence-electron chi connectivity index (χ1n) is 13.1. The molecule has 11 heteroatoms. The molecule has 2 aromatic carbocycles. The average Bonchev–Trinajstić information content (AvgIpc) is 3.65. The van der Waals surface area contributed by atoms with Crippen LogP contribution in [0.5, 0.6) is 0 Å². The van der Waals surface area contributed by atoms with E-state index in [9.17, 15) is 18.4 Å². The van der Waals surface area contributed by atoms with E-state index in [0.29, 0.717) is 27.9 Å². The van der Waals surface area contributed by atoms with Crippen LogP contribution >= 0.6 is 23.2 Å². The van der Waals surface area contributed by atoms with Crippen molar-refractivity contribution in [3.8, 4) is 11.3 Å². The topological polar surface area (TPSA) is 90.7 Å². The second-order valence-electron chi connectivity index (χ2n) is 10.2. The Kier molecular flexibility index (Phi) is 8.44. The standard InChI is InChI=1S/C29H28Cl2F2N2O5/c1-3-14-9-16(23(14)28(36)34-17-10-21(32)25(22(33)11-17)29(37)38-2)12-39-13-18-26(35-40-27(18)15-7-8-15)24-19(30)5-4-6-20(24)31/h4-6,10-11,14-16,23H,3,7-9,12-13H2,1-2H3,(H,34,36). The molecular weight excluding hydrogens is 565 g/mol. The highest BCUT2D eigenvalue weighted by atomic mass is 35.5. The van der Waals surface area contributed by atoms with Crippen molar-refractivity contribution in [2.45, 2.75) is 45.1 Å². The predicted molar refractivity (Wildman–Crippen MR) is 145 cm³/mol. The van der Waals surface area contributed by atoms with Crippen LogP contribution in [-0.4, -0.2) is 30.7 Å². The molecule has 1 N–H and O–H groups in total. The number of nitrogens with one attached hydrogen (secondary N) is 1. The monoisotopic (exact) mass is 592 g/mol. The van der Waals surface area contributed by atoms with Gasteiger partial charge in [0, 0.05) is 28.7 Å². The van der Waals surface area contributed by atoms with Gasteiger partial charge >= 0.3 is 5.97 Å². The van der Waals surface area contributed by atoms with E-state index >= 15 is 0 Å². The lowest BCUT2D eigenvalue weighted by atomic mass is 9.63. The fourth-order valence-corrected chi connectivity index (χ4v) is 6.00. The minimum Gasteiger partial charge on any atom is -0.465 e. The zero-order valence-electron chi connectivity index (χ0n) is 21.9. The second-order valence-corrected chi connectivity index (χ2v) is 11.1. The number of hydrogen-bond donors (Lipinski definition) is 1. The fourth-order valence-electron chi connectivity index (χ4n) is 5.42. The molecule has 2 aliphatic rings. The third-order valence-electron chi connectivity index (χ3n) is 7.69. The minimum absolute atomic E-state index is 0.0751. The largest absolute Gasteiger partial charge is 0.465 e. The number of amides is 1. The van der Waals surface area contributed by atoms with Crippen molar-refractivity contribution in [3.05, 3.63) is 68.9 Å². The number of hydrogen-bond acceptors (Lipinski definition) is 6. The van der Waals surface area contributed by atoms with Crippen molar-refractivity contribution in [1.82, 2.24) is 5.16 Å². The second kappa shape index (κ2) is 11.8. The summed E-state index contributed by atoms with van der Waals surface area (Å²) in [5, 5.41) is 7.79. The van der Waals surface area contributed by atoms with Crippen molar-refractivity contribution in [2.75, 3.05) is 19.0 Å². The quantitative estimate of drug-likeness (QED) is 0.246. The first kappa shape index (κ1) is 28.5. The van der Waals surface area contributed by atoms with E-state index in [1.807, 2.05) is 6.92 Å². The molecule has 212 valence electrons. The van der Waals surface area contributed by atoms with Crippen molar-refractivity contribution in [2.24, 2.45) is 17.8 Å². The predicted octanol–water partition coefficient (Wildman–Crippen LogP) is 7.41. The number of ether oxygens (including phenoxy) is 2. The van der Waals surface area contributed by atoms with Crippen LogP contribution in [-0.2, 0) is 20.9 Å². The highest BCUT2D eigenvalue weighted by Crippen LogP contribution is 2.47. The molecule has 5 rings (SSSR count). The number of carbonyl (C=O) groups is 2. The van der Waals surface area contributed by atoms with Crippen LogP contribution < -0.4 is 5.32 Å². The van der Waals surface area contributed by atoms with Gasteiger partial charge in [-0.05, 0) is 55.4 Å². The van der Waals surface area contributed by atoms with Crippen LogP contribution in [0.2, 0.25) is 10.0 Å². The normalized spacial score (nSPS) is 20.2. The average molecular weight is 593 g/mol. The van der Waals surface area contributed by atoms with Gasteiger partial charge in [-0.1, -0.05) is 47.8 Å². The van der Waals surface area contributed by atoms with Crippen LogP contribution in [0.25, 0.3) is 11.3 Å². The summed E-state index contributed by atoms with van der Waals surface area (Å²) in [6, 6.07) is 7.05. The summed E-state index contributed by atoms with van der Waals surface area (Å²) in [6.45, 7) is 2.49. The lowest BCUT2D eigenvalue weighted by Crippen LogP contribution is -2.46. The maximum Gasteiger partial charge on any atom is 0.343 e. The SMILES string of the molecule is CCC1CC(COCc2c(-c3c(Cl)cccc3Cl)noc2C2CC2)C1C(=O)Nc1cc(F)c(C(=O)OC)c(F)c1. The van der Waals surface area contributed by atoms with Gasteiger partial charge < -0.3 is 19.3 Å². The minimum atomic E-state index is -1.13. The molecule has 2 saturated carbocycles. The van der Waals surface area contributed by atoms with E-state index in [2.05, 4.69) is 15.2 Å². The zero-order valence-corrected chi connectivity index (χ0v) is 23.5. The van der Waals surface area contributed by atoms with Crippen LogP contribution in [0.15, 0.2) is 34.9 Å². The molecule has 2 aliphatic carbocycles. The highest BCUT2D eigenvalue weighted by Gasteiger charge is 2.45. The molecule has 3 atom stereocenters. The lowest BCUT2D eigenvalue weighted by Gasteiger charge is -2.43. The van der Waals surface area contributed by atoms with Crippen LogP contribution in [0.3, 0.4) is 0 Å². The van der Waals surface area contributed by atoms with Crippen LogP contribution in [0, 0.1) is 29.4 Å². The molecule has 2 fully saturated rings. The number of esters is 1. The molecule has 0 saturated heterocycles. The Morgan fingerprint density at radius 2 is 1.80 bits per heavy atom. The van der Waals surface area contributed by atoms with Gasteiger partial charge in [0.2, 0.25) is 5.91 Å². The van der Waals surface area contributed by atoms with Gasteiger partial charge in [0.05, 0.1) is 30.4 Å². The highest BCUT2D eigenvalue weighted by molar-refractivity contribution is 6.39. The number of methoxy groups -OCH3 is 1. The summed E-state index contributed by atoms with van der Waals surface area (Å²) in [6.07, 6.45) is 3.55. The molecule has 40 heavy (non-hydrogen) atoms. The van der Waals surface area contributed by atoms with E-state index < -0.39 is 29.1 Å². The Morgan fingerprint density at radius 3 is 2.40 bits per heavy atom. The van der Waals surface area contributed by atoms with Crippen molar-refractivity contribution >= 4 is 40.8 Å². The summed E-state index contributed by atoms with van der Waals surface area (Å²) in [7, 11) is 1.03. The maximum atomic E-state index is 14.4. The maximum absolute atomic E-state index is 14.4. The Morgan fingerprint density at radius 1 is 1.12 bits per heavy atom. The molecular formula is C29H28Cl2F2N2O5. The lowest BCUT2D eigenvalue weighted by molar-refractivity contribution is -0.132. The summed E-state index contributed by atoms with van der Waals surface area (Å²) in [5.74, 6) is -3.07. The first-order valence-corrected chi connectivity index (χ1v) is 13.9. The number of halogens is 4. The van der Waals surface area contributed by atoms with Crippen LogP contribution in [0.1, 0.15) is 60.2 Å². The first-order chi connectivity index (χ1) is 19.2. The molecule has 0 radical (unpaired) electrons. The number of nitrogens with zero attached hydrogens (tertiary/aromatic N) is 1. The summed E-state index contributed by atoms with van der Waals surface area (Å²) in [4.78, 5) is 24.8. The van der Waals surface area contributed by atoms with Gasteiger partial charge in [0.1, 0.15) is 28.7 Å². The molecule has 0 bridgehead atoms. The Labute approximate surface area is 240 Å². The van der Waals surface area contributed by atoms with E-state index in [1.54, 1.807) is 18.2 Å². The van der Waals surface area contributed by atoms with Crippen molar-refractivity contribution < 1.29 is 32.4 Å². The fraction of sp³-hybridized carbons (Fsp3) is 0.414. The van der Waals surface area contributed by atoms with E-state index in [1.165, 1.54) is 0 Å². The van der Waals surface area contributed by atoms with Crippen molar-refractivity contribution in [1.29, 1.82) is 0 Å². The van der Waals surface area contributed by atoms with Gasteiger partial charge in [-0.25, -0.2) is 13.6 Å². The van der Waals surface area contributed by atoms with E-state index in [-0.39, 0.29) is 36.0 Å². The smallest absolute Gasteiger partial charge is 0.343 e. The van der Waals surface area contributed by atoms with Gasteiger partial charge in [-0.3, -0.25) is 4.79 Å². The molecule has 3 aromatic rings. The number of rotatable bonds is 10. The van der Waals surface area contributed by atoms with Gasteiger partial charge in [-0.2, -0.15) is 0 Å². The number of anilines is 1. The molecule has 7 nitrogen and oxygen atoms in total. The van der Waals surface area contributed by atoms with E-state index in [0.717, 1.165) is 56.2 Å². The Balaban J connectivity index is 1.28. The number of carbonyl (C=O) groups excluding carboxylic acids is 2. The zero-order chi connectivity index (χ0) is 28.6. The van der Waals surface area contributed by atoms with Gasteiger partial charge in [0.25, 0.3) is 0 Å². The molecule has 1 heterocycles. The summed E-state index contributed by atoms with van der Waals surface area (Å²) < 4.78 is 45.0. The molecule has 0 spiro atoms. The summed E-state index contributed by atoms with van der Waals surface area (Å²) >= 11 is 12.9. The third-order valence-corrected chi connectivity index (χ3v) is 8.32. The third kappa shape index (κ3) is 5.60. The summed E-state index contributed by atoms with van der Waals surface area (Å²) in [5.41, 5.74) is 1.05. The molecule has 3 unspecified atom stereocenters. The Hall–Kier alpha value is -3.01.